The van der Waals surface area contributed by atoms with Crippen LogP contribution in [-0.4, -0.2) is 49.3 Å². The highest BCUT2D eigenvalue weighted by atomic mass is 16.6. The average molecular weight is 341 g/mol. The summed E-state index contributed by atoms with van der Waals surface area (Å²) in [6.45, 7) is 0.673. The van der Waals surface area contributed by atoms with Crippen LogP contribution >= 0.6 is 0 Å². The molecule has 0 saturated heterocycles. The second-order valence-electron chi connectivity index (χ2n) is 4.77. The lowest BCUT2D eigenvalue weighted by molar-refractivity contribution is -0.484. The Kier molecular flexibility index (Phi) is 6.97. The molecule has 0 aliphatic carbocycles. The monoisotopic (exact) mass is 341 g/mol. The first kappa shape index (κ1) is 19.2. The van der Waals surface area contributed by atoms with Gasteiger partial charge in [0.2, 0.25) is 6.54 Å². The highest BCUT2D eigenvalue weighted by molar-refractivity contribution is 5.95. The van der Waals surface area contributed by atoms with E-state index >= 15 is 0 Å². The van der Waals surface area contributed by atoms with E-state index in [1.54, 1.807) is 6.07 Å². The molecule has 1 aromatic carbocycles. The summed E-state index contributed by atoms with van der Waals surface area (Å²) in [6.07, 6.45) is 0. The van der Waals surface area contributed by atoms with E-state index in [0.29, 0.717) is 0 Å². The second-order valence-corrected chi connectivity index (χ2v) is 4.77. The maximum atomic E-state index is 12.1. The molecule has 0 aromatic heterocycles. The van der Waals surface area contributed by atoms with Gasteiger partial charge in [0.15, 0.2) is 5.92 Å². The Labute approximate surface area is 138 Å². The Morgan fingerprint density at radius 2 is 1.79 bits per heavy atom. The number of rotatable bonds is 9. The summed E-state index contributed by atoms with van der Waals surface area (Å²) in [5.41, 5.74) is 0.139. The molecule has 0 heterocycles. The Bertz CT molecular complexity index is 593. The van der Waals surface area contributed by atoms with E-state index in [4.69, 9.17) is 14.2 Å². The van der Waals surface area contributed by atoms with Crippen molar-refractivity contribution in [3.05, 3.63) is 33.9 Å². The van der Waals surface area contributed by atoms with Crippen LogP contribution < -0.4 is 9.47 Å². The first-order valence-electron chi connectivity index (χ1n) is 7.09. The molecule has 9 heteroatoms. The Morgan fingerprint density at radius 3 is 2.17 bits per heavy atom. The number of nitrogens with zero attached hydrogens (tertiary/aromatic N) is 1. The smallest absolute Gasteiger partial charge is 0.321 e. The maximum Gasteiger partial charge on any atom is 0.321 e. The lowest BCUT2D eigenvalue weighted by Gasteiger charge is -2.23. The number of esters is 1. The van der Waals surface area contributed by atoms with Crippen molar-refractivity contribution in [2.45, 2.75) is 12.8 Å². The van der Waals surface area contributed by atoms with Gasteiger partial charge in [0.05, 0.1) is 26.7 Å². The van der Waals surface area contributed by atoms with E-state index in [2.05, 4.69) is 0 Å². The number of methoxy groups -OCH3 is 2. The van der Waals surface area contributed by atoms with Gasteiger partial charge in [-0.2, -0.15) is 0 Å². The molecule has 2 atom stereocenters. The first-order chi connectivity index (χ1) is 11.4. The van der Waals surface area contributed by atoms with E-state index in [0.717, 1.165) is 0 Å². The number of hydrogen-bond acceptors (Lipinski definition) is 7. The van der Waals surface area contributed by atoms with E-state index < -0.39 is 35.2 Å². The predicted molar refractivity (Wildman–Crippen MR) is 81.9 cm³/mol. The number of benzene rings is 1. The van der Waals surface area contributed by atoms with E-state index in [-0.39, 0.29) is 23.7 Å². The molecule has 2 unspecified atom stereocenters. The summed E-state index contributed by atoms with van der Waals surface area (Å²) in [5.74, 6) is -5.27. The number of hydrogen-bond donors (Lipinski definition) is 1. The van der Waals surface area contributed by atoms with Gasteiger partial charge in [0.1, 0.15) is 11.5 Å². The fraction of sp³-hybridized carbons (Fsp3) is 0.467. The van der Waals surface area contributed by atoms with Gasteiger partial charge in [-0.15, -0.1) is 0 Å². The first-order valence-corrected chi connectivity index (χ1v) is 7.09. The number of ether oxygens (including phenoxy) is 3. The largest absolute Gasteiger partial charge is 0.496 e. The van der Waals surface area contributed by atoms with Crippen molar-refractivity contribution in [1.29, 1.82) is 0 Å². The van der Waals surface area contributed by atoms with Crippen LogP contribution in [0, 0.1) is 16.0 Å². The van der Waals surface area contributed by atoms with E-state index in [9.17, 15) is 24.8 Å². The second kappa shape index (κ2) is 8.70. The highest BCUT2D eigenvalue weighted by Gasteiger charge is 2.43. The quantitative estimate of drug-likeness (QED) is 0.308. The fourth-order valence-electron chi connectivity index (χ4n) is 2.44. The summed E-state index contributed by atoms with van der Waals surface area (Å²) in [7, 11) is 2.67. The van der Waals surface area contributed by atoms with Crippen LogP contribution in [0.3, 0.4) is 0 Å². The van der Waals surface area contributed by atoms with Crippen LogP contribution in [0.25, 0.3) is 0 Å². The zero-order chi connectivity index (χ0) is 18.3. The molecule has 0 aliphatic heterocycles. The molecule has 1 N–H and O–H groups in total. The van der Waals surface area contributed by atoms with Gasteiger partial charge >= 0.3 is 11.9 Å². The van der Waals surface area contributed by atoms with Crippen LogP contribution in [0.2, 0.25) is 0 Å². The van der Waals surface area contributed by atoms with Gasteiger partial charge in [-0.25, -0.2) is 0 Å². The van der Waals surface area contributed by atoms with Crippen molar-refractivity contribution in [3.8, 4) is 11.5 Å². The molecule has 0 radical (unpaired) electrons. The third-order valence-electron chi connectivity index (χ3n) is 3.39. The van der Waals surface area contributed by atoms with Crippen LogP contribution in [0.4, 0.5) is 0 Å². The van der Waals surface area contributed by atoms with Gasteiger partial charge in [-0.1, -0.05) is 6.07 Å². The Morgan fingerprint density at radius 1 is 1.25 bits per heavy atom. The average Bonchev–Trinajstić information content (AvgIpc) is 2.52. The number of carbonyl (C=O) groups is 2. The topological polar surface area (TPSA) is 125 Å². The Balaban J connectivity index is 3.53. The molecule has 0 amide bonds. The minimum atomic E-state index is -1.76. The van der Waals surface area contributed by atoms with Crippen molar-refractivity contribution in [1.82, 2.24) is 0 Å². The number of carboxylic acid groups (broad SMARTS) is 1. The summed E-state index contributed by atoms with van der Waals surface area (Å²) < 4.78 is 15.1. The van der Waals surface area contributed by atoms with Gasteiger partial charge in [0.25, 0.3) is 0 Å². The SMILES string of the molecule is CCOC(=O)C(C(=O)O)C(C[N+](=O)[O-])c1c(OC)cccc1OC. The number of nitro groups is 1. The maximum absolute atomic E-state index is 12.1. The molecular formula is C15H19NO8. The highest BCUT2D eigenvalue weighted by Crippen LogP contribution is 2.39. The standard InChI is InChI=1S/C15H19NO8/c1-4-24-15(19)13(14(17)18)9(8-16(20)21)12-10(22-2)6-5-7-11(12)23-3/h5-7,9,13H,4,8H2,1-3H3,(H,17,18). The van der Waals surface area contributed by atoms with Crippen LogP contribution in [-0.2, 0) is 14.3 Å². The van der Waals surface area contributed by atoms with Gasteiger partial charge in [-0.3, -0.25) is 19.7 Å². The van der Waals surface area contributed by atoms with Crippen molar-refractivity contribution in [3.63, 3.8) is 0 Å². The van der Waals surface area contributed by atoms with Crippen molar-refractivity contribution < 1.29 is 33.8 Å². The van der Waals surface area contributed by atoms with Crippen molar-refractivity contribution in [2.24, 2.45) is 5.92 Å². The van der Waals surface area contributed by atoms with Gasteiger partial charge in [-0.05, 0) is 19.1 Å². The molecule has 0 saturated carbocycles. The van der Waals surface area contributed by atoms with Crippen molar-refractivity contribution in [2.75, 3.05) is 27.4 Å². The summed E-state index contributed by atoms with van der Waals surface area (Å²) in [4.78, 5) is 34.1. The summed E-state index contributed by atoms with van der Waals surface area (Å²) in [5, 5.41) is 20.5. The molecule has 0 aliphatic rings. The third-order valence-corrected chi connectivity index (χ3v) is 3.39. The third kappa shape index (κ3) is 4.34. The number of carboxylic acids is 1. The molecule has 0 fully saturated rings. The molecule has 0 spiro atoms. The predicted octanol–water partition coefficient (Wildman–Crippen LogP) is 1.33. The molecule has 1 rings (SSSR count). The molecule has 24 heavy (non-hydrogen) atoms. The normalized spacial score (nSPS) is 12.8. The lowest BCUT2D eigenvalue weighted by atomic mass is 9.84. The Hall–Kier alpha value is -2.84. The van der Waals surface area contributed by atoms with E-state index in [1.807, 2.05) is 0 Å². The molecule has 0 bridgehead atoms. The summed E-state index contributed by atoms with van der Waals surface area (Å²) >= 11 is 0. The molecule has 132 valence electrons. The zero-order valence-electron chi connectivity index (χ0n) is 13.6. The zero-order valence-corrected chi connectivity index (χ0v) is 13.6. The van der Waals surface area contributed by atoms with Crippen LogP contribution in [0.5, 0.6) is 11.5 Å². The van der Waals surface area contributed by atoms with Gasteiger partial charge in [0, 0.05) is 10.5 Å². The minimum Gasteiger partial charge on any atom is -0.496 e. The fourth-order valence-corrected chi connectivity index (χ4v) is 2.44. The van der Waals surface area contributed by atoms with Crippen LogP contribution in [0.1, 0.15) is 18.4 Å². The number of aliphatic carboxylic acids is 1. The van der Waals surface area contributed by atoms with Crippen molar-refractivity contribution >= 4 is 11.9 Å². The molecular weight excluding hydrogens is 322 g/mol. The van der Waals surface area contributed by atoms with Gasteiger partial charge < -0.3 is 19.3 Å². The number of carbonyl (C=O) groups excluding carboxylic acids is 1. The molecule has 9 nitrogen and oxygen atoms in total. The minimum absolute atomic E-state index is 0.0448. The lowest BCUT2D eigenvalue weighted by Crippen LogP contribution is -2.35. The molecule has 1 aromatic rings. The summed E-state index contributed by atoms with van der Waals surface area (Å²) in [6, 6.07) is 4.61. The van der Waals surface area contributed by atoms with E-state index in [1.165, 1.54) is 33.3 Å². The van der Waals surface area contributed by atoms with Crippen LogP contribution in [0.15, 0.2) is 18.2 Å².